The summed E-state index contributed by atoms with van der Waals surface area (Å²) in [5, 5.41) is 13.1. The molecule has 1 aromatic rings. The average molecular weight is 179 g/mol. The molecule has 0 bridgehead atoms. The van der Waals surface area contributed by atoms with Crippen LogP contribution in [0.15, 0.2) is 12.3 Å². The van der Waals surface area contributed by atoms with Crippen molar-refractivity contribution in [2.45, 2.75) is 12.5 Å². The quantitative estimate of drug-likeness (QED) is 0.556. The Kier molecular flexibility index (Phi) is 1.75. The Labute approximate surface area is 76.8 Å². The van der Waals surface area contributed by atoms with E-state index >= 15 is 0 Å². The molecular weight excluding hydrogens is 166 g/mol. The van der Waals surface area contributed by atoms with E-state index in [-0.39, 0.29) is 0 Å². The van der Waals surface area contributed by atoms with Gasteiger partial charge in [0.1, 0.15) is 11.4 Å². The number of hydrogen-bond acceptors (Lipinski definition) is 4. The van der Waals surface area contributed by atoms with E-state index in [1.807, 2.05) is 13.0 Å². The van der Waals surface area contributed by atoms with E-state index in [9.17, 15) is 5.11 Å². The standard InChI is InChI=1S/C9H13N3O/c1-6-2-3-12-8(10)7(6)9(13)4-11-5-9/h2-3,11,13H,4-5H2,1H3,(H2,10,12). The van der Waals surface area contributed by atoms with Gasteiger partial charge < -0.3 is 16.2 Å². The molecule has 0 spiro atoms. The minimum Gasteiger partial charge on any atom is -0.383 e. The van der Waals surface area contributed by atoms with E-state index in [1.165, 1.54) is 0 Å². The zero-order valence-electron chi connectivity index (χ0n) is 7.54. The minimum atomic E-state index is -0.803. The van der Waals surface area contributed by atoms with E-state index in [1.54, 1.807) is 6.20 Å². The van der Waals surface area contributed by atoms with Crippen molar-refractivity contribution < 1.29 is 5.11 Å². The molecule has 2 heterocycles. The molecule has 1 aromatic heterocycles. The van der Waals surface area contributed by atoms with Crippen molar-refractivity contribution >= 4 is 5.82 Å². The normalized spacial score (nSPS) is 19.5. The molecule has 4 N–H and O–H groups in total. The number of nitrogens with zero attached hydrogens (tertiary/aromatic N) is 1. The number of aromatic nitrogens is 1. The fraction of sp³-hybridized carbons (Fsp3) is 0.444. The number of β-amino-alcohol motifs (C(OH)–C–C–N with tert-alkyl or cyclic N) is 1. The Morgan fingerprint density at radius 3 is 2.77 bits per heavy atom. The van der Waals surface area contributed by atoms with Gasteiger partial charge in [-0.25, -0.2) is 4.98 Å². The Morgan fingerprint density at radius 2 is 2.31 bits per heavy atom. The van der Waals surface area contributed by atoms with Crippen LogP contribution in [0.3, 0.4) is 0 Å². The first kappa shape index (κ1) is 8.47. The van der Waals surface area contributed by atoms with Gasteiger partial charge in [-0.15, -0.1) is 0 Å². The fourth-order valence-electron chi connectivity index (χ4n) is 1.72. The summed E-state index contributed by atoms with van der Waals surface area (Å²) < 4.78 is 0. The zero-order chi connectivity index (χ0) is 9.47. The molecule has 1 aliphatic rings. The maximum Gasteiger partial charge on any atom is 0.129 e. The van der Waals surface area contributed by atoms with Gasteiger partial charge in [0.15, 0.2) is 0 Å². The van der Waals surface area contributed by atoms with E-state index in [0.717, 1.165) is 11.1 Å². The van der Waals surface area contributed by atoms with Crippen LogP contribution in [0.25, 0.3) is 0 Å². The summed E-state index contributed by atoms with van der Waals surface area (Å²) in [6.45, 7) is 3.05. The lowest BCUT2D eigenvalue weighted by Gasteiger charge is -2.39. The van der Waals surface area contributed by atoms with Crippen molar-refractivity contribution in [2.24, 2.45) is 0 Å². The first-order valence-corrected chi connectivity index (χ1v) is 4.28. The van der Waals surface area contributed by atoms with Gasteiger partial charge in [0.05, 0.1) is 0 Å². The molecule has 4 nitrogen and oxygen atoms in total. The maximum atomic E-state index is 10.1. The van der Waals surface area contributed by atoms with E-state index in [4.69, 9.17) is 5.73 Å². The van der Waals surface area contributed by atoms with Crippen LogP contribution in [0, 0.1) is 6.92 Å². The molecule has 0 saturated carbocycles. The van der Waals surface area contributed by atoms with Gasteiger partial charge in [-0.2, -0.15) is 0 Å². The van der Waals surface area contributed by atoms with Crippen molar-refractivity contribution in [3.63, 3.8) is 0 Å². The first-order chi connectivity index (χ1) is 6.13. The minimum absolute atomic E-state index is 0.434. The van der Waals surface area contributed by atoms with Crippen molar-refractivity contribution in [1.82, 2.24) is 10.3 Å². The molecule has 0 radical (unpaired) electrons. The lowest BCUT2D eigenvalue weighted by atomic mass is 9.86. The molecule has 0 aromatic carbocycles. The van der Waals surface area contributed by atoms with Gasteiger partial charge >= 0.3 is 0 Å². The summed E-state index contributed by atoms with van der Waals surface area (Å²) in [7, 11) is 0. The highest BCUT2D eigenvalue weighted by Gasteiger charge is 2.39. The molecule has 1 aliphatic heterocycles. The zero-order valence-corrected chi connectivity index (χ0v) is 7.54. The summed E-state index contributed by atoms with van der Waals surface area (Å²) in [6.07, 6.45) is 1.66. The number of aryl methyl sites for hydroxylation is 1. The van der Waals surface area contributed by atoms with Crippen LogP contribution in [-0.2, 0) is 5.60 Å². The second kappa shape index (κ2) is 2.68. The van der Waals surface area contributed by atoms with Crippen LogP contribution < -0.4 is 11.1 Å². The number of anilines is 1. The largest absolute Gasteiger partial charge is 0.383 e. The molecule has 1 saturated heterocycles. The van der Waals surface area contributed by atoms with Crippen LogP contribution in [0.1, 0.15) is 11.1 Å². The molecule has 2 rings (SSSR count). The maximum absolute atomic E-state index is 10.1. The number of nitrogens with two attached hydrogens (primary N) is 1. The summed E-state index contributed by atoms with van der Waals surface area (Å²) in [5.41, 5.74) is 6.68. The number of hydrogen-bond donors (Lipinski definition) is 3. The smallest absolute Gasteiger partial charge is 0.129 e. The molecular formula is C9H13N3O. The summed E-state index contributed by atoms with van der Waals surface area (Å²) in [4.78, 5) is 3.98. The SMILES string of the molecule is Cc1ccnc(N)c1C1(O)CNC1. The molecule has 0 unspecified atom stereocenters. The summed E-state index contributed by atoms with van der Waals surface area (Å²) >= 11 is 0. The van der Waals surface area contributed by atoms with E-state index in [0.29, 0.717) is 18.9 Å². The van der Waals surface area contributed by atoms with Gasteiger partial charge in [-0.1, -0.05) is 0 Å². The molecule has 70 valence electrons. The molecule has 1 fully saturated rings. The lowest BCUT2D eigenvalue weighted by Crippen LogP contribution is -2.57. The number of nitrogens with one attached hydrogen (secondary N) is 1. The average Bonchev–Trinajstić information content (AvgIpc) is 2.01. The van der Waals surface area contributed by atoms with E-state index < -0.39 is 5.60 Å². The van der Waals surface area contributed by atoms with Crippen molar-refractivity contribution in [3.05, 3.63) is 23.4 Å². The number of rotatable bonds is 1. The molecule has 4 heteroatoms. The summed E-state index contributed by atoms with van der Waals surface area (Å²) in [5.74, 6) is 0.434. The monoisotopic (exact) mass is 179 g/mol. The van der Waals surface area contributed by atoms with Gasteiger partial charge in [0.2, 0.25) is 0 Å². The predicted molar refractivity (Wildman–Crippen MR) is 50.2 cm³/mol. The van der Waals surface area contributed by atoms with Gasteiger partial charge in [-0.3, -0.25) is 0 Å². The summed E-state index contributed by atoms with van der Waals surface area (Å²) in [6, 6.07) is 1.86. The predicted octanol–water partition coefficient (Wildman–Crippen LogP) is -0.237. The third-order valence-corrected chi connectivity index (χ3v) is 2.49. The molecule has 0 amide bonds. The van der Waals surface area contributed by atoms with Crippen LogP contribution in [0.4, 0.5) is 5.82 Å². The van der Waals surface area contributed by atoms with E-state index in [2.05, 4.69) is 10.3 Å². The van der Waals surface area contributed by atoms with Crippen molar-refractivity contribution in [2.75, 3.05) is 18.8 Å². The van der Waals surface area contributed by atoms with Crippen LogP contribution in [0.2, 0.25) is 0 Å². The highest BCUT2D eigenvalue weighted by atomic mass is 16.3. The fourth-order valence-corrected chi connectivity index (χ4v) is 1.72. The first-order valence-electron chi connectivity index (χ1n) is 4.28. The topological polar surface area (TPSA) is 71.2 Å². The number of pyridine rings is 1. The Morgan fingerprint density at radius 1 is 1.62 bits per heavy atom. The Balaban J connectivity index is 2.49. The highest BCUT2D eigenvalue weighted by Crippen LogP contribution is 2.31. The van der Waals surface area contributed by atoms with Crippen LogP contribution >= 0.6 is 0 Å². The third kappa shape index (κ3) is 1.18. The Bertz CT molecular complexity index is 313. The van der Waals surface area contributed by atoms with Crippen molar-refractivity contribution in [3.8, 4) is 0 Å². The molecule has 0 aliphatic carbocycles. The van der Waals surface area contributed by atoms with Crippen molar-refractivity contribution in [1.29, 1.82) is 0 Å². The molecule has 13 heavy (non-hydrogen) atoms. The Hall–Kier alpha value is -1.13. The van der Waals surface area contributed by atoms with Gasteiger partial charge in [0.25, 0.3) is 0 Å². The van der Waals surface area contributed by atoms with Gasteiger partial charge in [0, 0.05) is 24.8 Å². The van der Waals surface area contributed by atoms with Crippen LogP contribution in [0.5, 0.6) is 0 Å². The molecule has 0 atom stereocenters. The van der Waals surface area contributed by atoms with Crippen LogP contribution in [-0.4, -0.2) is 23.2 Å². The highest BCUT2D eigenvalue weighted by molar-refractivity contribution is 5.49. The number of aliphatic hydroxyl groups is 1. The third-order valence-electron chi connectivity index (χ3n) is 2.49. The second-order valence-corrected chi connectivity index (χ2v) is 3.52. The second-order valence-electron chi connectivity index (χ2n) is 3.52. The van der Waals surface area contributed by atoms with Gasteiger partial charge in [-0.05, 0) is 18.6 Å². The number of nitrogen functional groups attached to an aromatic ring is 1. The lowest BCUT2D eigenvalue weighted by molar-refractivity contribution is -0.0147.